The molecule has 1 aliphatic rings. The van der Waals surface area contributed by atoms with E-state index in [-0.39, 0.29) is 18.5 Å². The summed E-state index contributed by atoms with van der Waals surface area (Å²) in [5.41, 5.74) is 7.27. The number of pyridine rings is 1. The monoisotopic (exact) mass is 354 g/mol. The fourth-order valence-electron chi connectivity index (χ4n) is 3.24. The number of aliphatic hydroxyl groups excluding tert-OH is 1. The van der Waals surface area contributed by atoms with E-state index in [4.69, 9.17) is 5.73 Å². The standard InChI is InChI=1S/C20H26N4O2/c21-16(13-15-7-2-1-3-8-15)18(25)14-24(19-10-4-5-11-23-19)20(26)17-9-6-12-22-17/h1-5,7-8,10-11,16-18,22,25H,6,9,12-14,21H2/t16?,17-,18?/m0/s1. The first kappa shape index (κ1) is 18.5. The molecule has 3 atom stereocenters. The number of hydrogen-bond acceptors (Lipinski definition) is 5. The normalized spacial score (nSPS) is 19.1. The lowest BCUT2D eigenvalue weighted by molar-refractivity contribution is -0.120. The van der Waals surface area contributed by atoms with Gasteiger partial charge >= 0.3 is 0 Å². The minimum absolute atomic E-state index is 0.0628. The number of carbonyl (C=O) groups is 1. The number of nitrogens with one attached hydrogen (secondary N) is 1. The molecule has 1 saturated heterocycles. The lowest BCUT2D eigenvalue weighted by Gasteiger charge is -2.29. The molecule has 6 nitrogen and oxygen atoms in total. The molecule has 2 unspecified atom stereocenters. The number of rotatable bonds is 7. The molecule has 0 radical (unpaired) electrons. The molecule has 1 aromatic heterocycles. The fourth-order valence-corrected chi connectivity index (χ4v) is 3.24. The molecule has 3 rings (SSSR count). The average Bonchev–Trinajstić information content (AvgIpc) is 3.21. The summed E-state index contributed by atoms with van der Waals surface area (Å²) in [5.74, 6) is 0.476. The molecule has 2 aromatic rings. The molecular formula is C20H26N4O2. The van der Waals surface area contributed by atoms with Gasteiger partial charge in [0.1, 0.15) is 5.82 Å². The first-order valence-electron chi connectivity index (χ1n) is 9.08. The van der Waals surface area contributed by atoms with Crippen LogP contribution in [0.1, 0.15) is 18.4 Å². The van der Waals surface area contributed by atoms with Crippen LogP contribution in [-0.2, 0) is 11.2 Å². The molecule has 0 aliphatic carbocycles. The van der Waals surface area contributed by atoms with Crippen LogP contribution in [0.4, 0.5) is 5.82 Å². The summed E-state index contributed by atoms with van der Waals surface area (Å²) in [6, 6.07) is 14.5. The van der Waals surface area contributed by atoms with Gasteiger partial charge in [-0.25, -0.2) is 4.98 Å². The number of benzene rings is 1. The maximum absolute atomic E-state index is 12.9. The maximum atomic E-state index is 12.9. The van der Waals surface area contributed by atoms with E-state index >= 15 is 0 Å². The van der Waals surface area contributed by atoms with Crippen molar-refractivity contribution in [3.05, 3.63) is 60.3 Å². The van der Waals surface area contributed by atoms with Crippen LogP contribution in [0.3, 0.4) is 0 Å². The first-order valence-corrected chi connectivity index (χ1v) is 9.08. The Kier molecular flexibility index (Phi) is 6.33. The summed E-state index contributed by atoms with van der Waals surface area (Å²) in [5, 5.41) is 13.9. The van der Waals surface area contributed by atoms with E-state index in [9.17, 15) is 9.90 Å². The average molecular weight is 354 g/mol. The summed E-state index contributed by atoms with van der Waals surface area (Å²) in [7, 11) is 0. The number of amides is 1. The van der Waals surface area contributed by atoms with Gasteiger partial charge in [-0.1, -0.05) is 36.4 Å². The van der Waals surface area contributed by atoms with Gasteiger partial charge in [0.25, 0.3) is 0 Å². The molecule has 2 heterocycles. The molecule has 4 N–H and O–H groups in total. The number of aliphatic hydroxyl groups is 1. The highest BCUT2D eigenvalue weighted by molar-refractivity contribution is 5.96. The van der Waals surface area contributed by atoms with Gasteiger partial charge in [0.2, 0.25) is 5.91 Å². The lowest BCUT2D eigenvalue weighted by atomic mass is 10.0. The zero-order valence-corrected chi connectivity index (χ0v) is 14.8. The summed E-state index contributed by atoms with van der Waals surface area (Å²) in [4.78, 5) is 18.8. The Hall–Kier alpha value is -2.28. The highest BCUT2D eigenvalue weighted by Gasteiger charge is 2.31. The van der Waals surface area contributed by atoms with E-state index < -0.39 is 12.1 Å². The minimum Gasteiger partial charge on any atom is -0.390 e. The van der Waals surface area contributed by atoms with Gasteiger partial charge in [-0.2, -0.15) is 0 Å². The Balaban J connectivity index is 1.71. The highest BCUT2D eigenvalue weighted by Crippen LogP contribution is 2.17. The molecule has 138 valence electrons. The third kappa shape index (κ3) is 4.66. The smallest absolute Gasteiger partial charge is 0.245 e. The second kappa shape index (κ2) is 8.89. The van der Waals surface area contributed by atoms with Crippen molar-refractivity contribution in [2.45, 2.75) is 37.5 Å². The first-order chi connectivity index (χ1) is 12.6. The van der Waals surface area contributed by atoms with Gasteiger partial charge in [0.15, 0.2) is 0 Å². The second-order valence-electron chi connectivity index (χ2n) is 6.71. The molecular weight excluding hydrogens is 328 g/mol. The van der Waals surface area contributed by atoms with Crippen molar-refractivity contribution in [2.24, 2.45) is 5.73 Å². The Bertz CT molecular complexity index is 689. The molecule has 0 bridgehead atoms. The zero-order chi connectivity index (χ0) is 18.4. The van der Waals surface area contributed by atoms with Gasteiger partial charge in [0.05, 0.1) is 18.7 Å². The predicted molar refractivity (Wildman–Crippen MR) is 102 cm³/mol. The second-order valence-corrected chi connectivity index (χ2v) is 6.71. The van der Waals surface area contributed by atoms with Crippen molar-refractivity contribution in [1.82, 2.24) is 10.3 Å². The SMILES string of the molecule is NC(Cc1ccccc1)C(O)CN(C(=O)[C@@H]1CCCN1)c1ccccn1. The number of carbonyl (C=O) groups excluding carboxylic acids is 1. The Morgan fingerprint density at radius 3 is 2.69 bits per heavy atom. The van der Waals surface area contributed by atoms with E-state index in [0.29, 0.717) is 12.2 Å². The Morgan fingerprint density at radius 2 is 2.04 bits per heavy atom. The van der Waals surface area contributed by atoms with Crippen LogP contribution < -0.4 is 16.0 Å². The van der Waals surface area contributed by atoms with E-state index in [0.717, 1.165) is 24.9 Å². The van der Waals surface area contributed by atoms with E-state index in [1.165, 1.54) is 0 Å². The fraction of sp³-hybridized carbons (Fsp3) is 0.400. The van der Waals surface area contributed by atoms with Crippen molar-refractivity contribution in [1.29, 1.82) is 0 Å². The Morgan fingerprint density at radius 1 is 1.27 bits per heavy atom. The van der Waals surface area contributed by atoms with Gasteiger partial charge in [0, 0.05) is 12.2 Å². The quantitative estimate of drug-likeness (QED) is 0.692. The summed E-state index contributed by atoms with van der Waals surface area (Å²) in [6.45, 7) is 0.963. The van der Waals surface area contributed by atoms with Gasteiger partial charge in [-0.3, -0.25) is 9.69 Å². The highest BCUT2D eigenvalue weighted by atomic mass is 16.3. The van der Waals surface area contributed by atoms with Gasteiger partial charge in [-0.05, 0) is 43.5 Å². The van der Waals surface area contributed by atoms with E-state index in [1.807, 2.05) is 36.4 Å². The summed E-state index contributed by atoms with van der Waals surface area (Å²) >= 11 is 0. The Labute approximate surface area is 154 Å². The number of hydrogen-bond donors (Lipinski definition) is 3. The van der Waals surface area contributed by atoms with Crippen molar-refractivity contribution >= 4 is 11.7 Å². The van der Waals surface area contributed by atoms with Crippen LogP contribution in [0, 0.1) is 0 Å². The number of nitrogens with two attached hydrogens (primary N) is 1. The predicted octanol–water partition coefficient (Wildman–Crippen LogP) is 1.10. The van der Waals surface area contributed by atoms with Gasteiger partial charge < -0.3 is 16.2 Å². The molecule has 26 heavy (non-hydrogen) atoms. The van der Waals surface area contributed by atoms with Crippen molar-refractivity contribution in [3.63, 3.8) is 0 Å². The number of anilines is 1. The zero-order valence-electron chi connectivity index (χ0n) is 14.8. The molecule has 1 aliphatic heterocycles. The van der Waals surface area contributed by atoms with Crippen LogP contribution >= 0.6 is 0 Å². The molecule has 6 heteroatoms. The van der Waals surface area contributed by atoms with Crippen molar-refractivity contribution in [3.8, 4) is 0 Å². The lowest BCUT2D eigenvalue weighted by Crippen LogP contribution is -2.51. The molecule has 1 aromatic carbocycles. The third-order valence-electron chi connectivity index (χ3n) is 4.73. The molecule has 0 saturated carbocycles. The van der Waals surface area contributed by atoms with Crippen LogP contribution in [0.15, 0.2) is 54.7 Å². The van der Waals surface area contributed by atoms with Crippen LogP contribution in [-0.4, -0.2) is 47.3 Å². The van der Waals surface area contributed by atoms with Gasteiger partial charge in [-0.15, -0.1) is 0 Å². The number of aromatic nitrogens is 1. The largest absolute Gasteiger partial charge is 0.390 e. The maximum Gasteiger partial charge on any atom is 0.245 e. The minimum atomic E-state index is -0.845. The van der Waals surface area contributed by atoms with Crippen molar-refractivity contribution in [2.75, 3.05) is 18.0 Å². The van der Waals surface area contributed by atoms with Crippen LogP contribution in [0.2, 0.25) is 0 Å². The summed E-state index contributed by atoms with van der Waals surface area (Å²) in [6.07, 6.45) is 3.13. The third-order valence-corrected chi connectivity index (χ3v) is 4.73. The molecule has 0 spiro atoms. The van der Waals surface area contributed by atoms with E-state index in [1.54, 1.807) is 23.2 Å². The van der Waals surface area contributed by atoms with Crippen LogP contribution in [0.5, 0.6) is 0 Å². The number of nitrogens with zero attached hydrogens (tertiary/aromatic N) is 2. The van der Waals surface area contributed by atoms with E-state index in [2.05, 4.69) is 10.3 Å². The van der Waals surface area contributed by atoms with Crippen LogP contribution in [0.25, 0.3) is 0 Å². The summed E-state index contributed by atoms with van der Waals surface area (Å²) < 4.78 is 0. The molecule has 1 fully saturated rings. The van der Waals surface area contributed by atoms with Crippen molar-refractivity contribution < 1.29 is 9.90 Å². The molecule has 1 amide bonds. The topological polar surface area (TPSA) is 91.5 Å².